The van der Waals surface area contributed by atoms with Crippen molar-refractivity contribution in [1.82, 2.24) is 4.98 Å². The lowest BCUT2D eigenvalue weighted by molar-refractivity contribution is -0.120. The molecule has 0 bridgehead atoms. The summed E-state index contributed by atoms with van der Waals surface area (Å²) in [7, 11) is 0. The van der Waals surface area contributed by atoms with E-state index in [1.54, 1.807) is 0 Å². The molecule has 2 atom stereocenters. The van der Waals surface area contributed by atoms with Crippen LogP contribution in [0.2, 0.25) is 0 Å². The van der Waals surface area contributed by atoms with E-state index in [-0.39, 0.29) is 42.6 Å². The topological polar surface area (TPSA) is 86.5 Å². The molecule has 0 spiro atoms. The molecule has 6 nitrogen and oxygen atoms in total. The van der Waals surface area contributed by atoms with E-state index in [1.165, 1.54) is 0 Å². The predicted octanol–water partition coefficient (Wildman–Crippen LogP) is 3.68. The van der Waals surface area contributed by atoms with E-state index in [2.05, 4.69) is 10.3 Å². The zero-order valence-electron chi connectivity index (χ0n) is 15.4. The summed E-state index contributed by atoms with van der Waals surface area (Å²) in [5.41, 5.74) is 7.50. The van der Waals surface area contributed by atoms with Crippen LogP contribution in [-0.4, -0.2) is 30.6 Å². The van der Waals surface area contributed by atoms with Gasteiger partial charge in [-0.1, -0.05) is 12.5 Å². The van der Waals surface area contributed by atoms with Crippen LogP contribution in [-0.2, 0) is 4.79 Å². The fraction of sp³-hybridized carbons (Fsp3) is 0.400. The Morgan fingerprint density at radius 1 is 1.11 bits per heavy atom. The van der Waals surface area contributed by atoms with Crippen LogP contribution in [0.15, 0.2) is 36.4 Å². The number of nitrogens with two attached hydrogens (primary N) is 1. The number of hydrogen-bond donors (Lipinski definition) is 2. The maximum Gasteiger partial charge on any atom is 0.228 e. The lowest BCUT2D eigenvalue weighted by Crippen LogP contribution is -2.30. The van der Waals surface area contributed by atoms with Gasteiger partial charge in [0.1, 0.15) is 19.0 Å². The molecule has 1 fully saturated rings. The molecule has 1 saturated carbocycles. The first-order valence-corrected chi connectivity index (χ1v) is 9.12. The molecule has 3 N–H and O–H groups in total. The van der Waals surface area contributed by atoms with Crippen LogP contribution < -0.4 is 20.5 Å². The van der Waals surface area contributed by atoms with E-state index in [0.29, 0.717) is 25.6 Å². The highest BCUT2D eigenvalue weighted by atomic mass is 35.5. The van der Waals surface area contributed by atoms with Crippen molar-refractivity contribution in [3.63, 3.8) is 0 Å². The molecule has 2 heterocycles. The zero-order valence-corrected chi connectivity index (χ0v) is 17.1. The summed E-state index contributed by atoms with van der Waals surface area (Å²) in [6.45, 7) is 1.67. The third-order valence-electron chi connectivity index (χ3n) is 5.14. The largest absolute Gasteiger partial charge is 0.486 e. The molecule has 0 unspecified atom stereocenters. The molecule has 4 rings (SSSR count). The van der Waals surface area contributed by atoms with Crippen LogP contribution >= 0.6 is 24.8 Å². The Bertz CT molecular complexity index is 819. The van der Waals surface area contributed by atoms with Crippen LogP contribution in [0.4, 0.5) is 5.82 Å². The molecule has 0 saturated heterocycles. The zero-order chi connectivity index (χ0) is 17.9. The number of fused-ring (bicyclic) bond motifs is 1. The van der Waals surface area contributed by atoms with Crippen molar-refractivity contribution in [3.05, 3.63) is 36.4 Å². The van der Waals surface area contributed by atoms with Crippen molar-refractivity contribution < 1.29 is 14.3 Å². The summed E-state index contributed by atoms with van der Waals surface area (Å²) in [5.74, 6) is 2.31. The first-order valence-electron chi connectivity index (χ1n) is 9.12. The van der Waals surface area contributed by atoms with Gasteiger partial charge in [0.2, 0.25) is 5.91 Å². The van der Waals surface area contributed by atoms with Gasteiger partial charge in [0, 0.05) is 11.5 Å². The fourth-order valence-corrected chi connectivity index (χ4v) is 3.75. The Labute approximate surface area is 177 Å². The van der Waals surface area contributed by atoms with Crippen molar-refractivity contribution >= 4 is 36.5 Å². The van der Waals surface area contributed by atoms with Crippen molar-refractivity contribution in [2.45, 2.75) is 19.3 Å². The molecule has 1 aromatic carbocycles. The molecule has 8 heteroatoms. The number of nitrogens with zero attached hydrogens (tertiary/aromatic N) is 1. The van der Waals surface area contributed by atoms with Crippen LogP contribution in [0.5, 0.6) is 11.5 Å². The number of ether oxygens (including phenoxy) is 2. The fourth-order valence-electron chi connectivity index (χ4n) is 3.75. The van der Waals surface area contributed by atoms with E-state index in [4.69, 9.17) is 15.2 Å². The minimum absolute atomic E-state index is 0. The average Bonchev–Trinajstić information content (AvgIpc) is 3.17. The molecule has 0 radical (unpaired) electrons. The van der Waals surface area contributed by atoms with Crippen molar-refractivity contribution in [2.24, 2.45) is 17.6 Å². The number of anilines is 1. The quantitative estimate of drug-likeness (QED) is 0.779. The van der Waals surface area contributed by atoms with Crippen LogP contribution in [0.1, 0.15) is 19.3 Å². The van der Waals surface area contributed by atoms with Gasteiger partial charge in [0.15, 0.2) is 11.5 Å². The van der Waals surface area contributed by atoms with E-state index < -0.39 is 0 Å². The highest BCUT2D eigenvalue weighted by Crippen LogP contribution is 2.35. The molecule has 1 aromatic heterocycles. The van der Waals surface area contributed by atoms with Crippen LogP contribution in [0.3, 0.4) is 0 Å². The summed E-state index contributed by atoms with van der Waals surface area (Å²) >= 11 is 0. The lowest BCUT2D eigenvalue weighted by atomic mass is 9.95. The van der Waals surface area contributed by atoms with Gasteiger partial charge in [-0.3, -0.25) is 4.79 Å². The number of carbonyl (C=O) groups is 1. The number of aromatic nitrogens is 1. The maximum atomic E-state index is 12.6. The monoisotopic (exact) mass is 425 g/mol. The van der Waals surface area contributed by atoms with Crippen molar-refractivity contribution in [2.75, 3.05) is 25.1 Å². The molecular formula is C20H25Cl2N3O3. The average molecular weight is 426 g/mol. The SMILES string of the molecule is Cl.Cl.NC[C@H]1CCC[C@H]1C(=O)Nc1cccc(-c2ccc3c(c2)OCCO3)n1. The van der Waals surface area contributed by atoms with Crippen molar-refractivity contribution in [1.29, 1.82) is 0 Å². The Morgan fingerprint density at radius 3 is 2.68 bits per heavy atom. The van der Waals surface area contributed by atoms with Crippen molar-refractivity contribution in [3.8, 4) is 22.8 Å². The molecule has 1 aliphatic carbocycles. The molecule has 2 aliphatic rings. The van der Waals surface area contributed by atoms with Crippen LogP contribution in [0.25, 0.3) is 11.3 Å². The molecule has 152 valence electrons. The van der Waals surface area contributed by atoms with Gasteiger partial charge < -0.3 is 20.5 Å². The smallest absolute Gasteiger partial charge is 0.228 e. The predicted molar refractivity (Wildman–Crippen MR) is 114 cm³/mol. The van der Waals surface area contributed by atoms with Gasteiger partial charge in [-0.15, -0.1) is 24.8 Å². The first-order chi connectivity index (χ1) is 12.7. The summed E-state index contributed by atoms with van der Waals surface area (Å²) < 4.78 is 11.2. The van der Waals surface area contributed by atoms with Crippen LogP contribution in [0, 0.1) is 11.8 Å². The number of benzene rings is 1. The van der Waals surface area contributed by atoms with Gasteiger partial charge in [-0.2, -0.15) is 0 Å². The molecule has 2 aromatic rings. The minimum Gasteiger partial charge on any atom is -0.486 e. The number of hydrogen-bond acceptors (Lipinski definition) is 5. The standard InChI is InChI=1S/C20H23N3O3.2ClH/c21-12-14-3-1-4-15(14)20(24)23-19-6-2-5-16(22-19)13-7-8-17-18(11-13)26-10-9-25-17;;/h2,5-8,11,14-15H,1,3-4,9-10,12,21H2,(H,22,23,24);2*1H/t14-,15-;;/m1../s1. The Kier molecular flexibility index (Phi) is 7.92. The number of nitrogens with one attached hydrogen (secondary N) is 1. The summed E-state index contributed by atoms with van der Waals surface area (Å²) in [6, 6.07) is 11.4. The van der Waals surface area contributed by atoms with Gasteiger partial charge in [0.25, 0.3) is 0 Å². The van der Waals surface area contributed by atoms with E-state index in [9.17, 15) is 4.79 Å². The second kappa shape index (κ2) is 9.96. The van der Waals surface area contributed by atoms with E-state index in [1.807, 2.05) is 36.4 Å². The summed E-state index contributed by atoms with van der Waals surface area (Å²) in [4.78, 5) is 17.2. The number of carbonyl (C=O) groups excluding carboxylic acids is 1. The third-order valence-corrected chi connectivity index (χ3v) is 5.14. The third kappa shape index (κ3) is 4.69. The number of halogens is 2. The Morgan fingerprint density at radius 2 is 1.89 bits per heavy atom. The number of amides is 1. The van der Waals surface area contributed by atoms with Gasteiger partial charge in [-0.25, -0.2) is 4.98 Å². The lowest BCUT2D eigenvalue weighted by Gasteiger charge is -2.19. The van der Waals surface area contributed by atoms with Gasteiger partial charge in [0.05, 0.1) is 5.69 Å². The van der Waals surface area contributed by atoms with E-state index in [0.717, 1.165) is 42.0 Å². The normalized spacial score (nSPS) is 19.9. The second-order valence-electron chi connectivity index (χ2n) is 6.79. The number of rotatable bonds is 4. The number of pyridine rings is 1. The highest BCUT2D eigenvalue weighted by molar-refractivity contribution is 5.92. The molecule has 28 heavy (non-hydrogen) atoms. The van der Waals surface area contributed by atoms with E-state index >= 15 is 0 Å². The Balaban J connectivity index is 0.00000140. The molecular weight excluding hydrogens is 401 g/mol. The minimum atomic E-state index is -0.0141. The summed E-state index contributed by atoms with van der Waals surface area (Å²) in [5, 5.41) is 2.96. The summed E-state index contributed by atoms with van der Waals surface area (Å²) in [6.07, 6.45) is 2.99. The van der Waals surface area contributed by atoms with Gasteiger partial charge in [-0.05, 0) is 55.6 Å². The first kappa shape index (κ1) is 22.3. The second-order valence-corrected chi connectivity index (χ2v) is 6.79. The molecule has 1 aliphatic heterocycles. The van der Waals surface area contributed by atoms with Gasteiger partial charge >= 0.3 is 0 Å². The molecule has 1 amide bonds. The Hall–Kier alpha value is -2.02. The highest BCUT2D eigenvalue weighted by Gasteiger charge is 2.32. The maximum absolute atomic E-state index is 12.6.